The van der Waals surface area contributed by atoms with E-state index in [0.717, 1.165) is 12.8 Å². The van der Waals surface area contributed by atoms with Gasteiger partial charge >= 0.3 is 11.9 Å². The molecule has 2 aliphatic rings. The Bertz CT molecular complexity index is 906. The van der Waals surface area contributed by atoms with E-state index in [9.17, 15) is 19.2 Å². The summed E-state index contributed by atoms with van der Waals surface area (Å²) >= 11 is 1.34. The number of Topliss-reactive ketones (excluding diaryl/α,β-unsaturated/α-hetero) is 1. The molecule has 2 aliphatic heterocycles. The van der Waals surface area contributed by atoms with E-state index in [0.29, 0.717) is 23.5 Å². The van der Waals surface area contributed by atoms with Gasteiger partial charge in [-0.3, -0.25) is 9.59 Å². The largest absolute Gasteiger partial charge is 0.501 e. The normalized spacial score (nSPS) is 18.5. The second-order valence-corrected chi connectivity index (χ2v) is 7.66. The quantitative estimate of drug-likeness (QED) is 0.562. The smallest absolute Gasteiger partial charge is 0.323 e. The molecular weight excluding hydrogens is 378 g/mol. The number of thioether (sulfide) groups is 1. The molecule has 0 saturated carbocycles. The van der Waals surface area contributed by atoms with Crippen molar-refractivity contribution in [2.24, 2.45) is 0 Å². The monoisotopic (exact) mass is 400 g/mol. The van der Waals surface area contributed by atoms with E-state index in [-0.39, 0.29) is 18.2 Å². The lowest BCUT2D eigenvalue weighted by Gasteiger charge is -2.24. The molecule has 0 bridgehead atoms. The highest BCUT2D eigenvalue weighted by atomic mass is 32.2. The first-order valence-corrected chi connectivity index (χ1v) is 10.1. The molecule has 1 aromatic carbocycles. The number of urea groups is 1. The van der Waals surface area contributed by atoms with Crippen molar-refractivity contribution in [1.82, 2.24) is 4.90 Å². The molecule has 1 unspecified atom stereocenters. The van der Waals surface area contributed by atoms with Crippen LogP contribution < -0.4 is 5.32 Å². The first-order valence-electron chi connectivity index (χ1n) is 9.15. The Hall–Kier alpha value is -2.74. The summed E-state index contributed by atoms with van der Waals surface area (Å²) in [7, 11) is 0. The number of anilines is 1. The SMILES string of the molecule is CCCCN1C(=O)C2SC=CC2=[N+](CC(=O)Nc2cccc(C(C)=O)c2)C1=O. The maximum atomic E-state index is 12.9. The molecule has 28 heavy (non-hydrogen) atoms. The van der Waals surface area contributed by atoms with Gasteiger partial charge in [0, 0.05) is 11.3 Å². The molecule has 1 aromatic rings. The zero-order valence-electron chi connectivity index (χ0n) is 15.8. The first kappa shape index (κ1) is 20.0. The Labute approximate surface area is 167 Å². The standard InChI is InChI=1S/C20H21N3O4S/c1-3-4-9-22-19(26)18-16(8-10-28-18)23(20(22)27)12-17(25)21-15-7-5-6-14(11-15)13(2)24/h5-8,10-11,18H,3-4,9,12H2,1-2H3/p+1. The van der Waals surface area contributed by atoms with E-state index in [4.69, 9.17) is 0 Å². The molecule has 0 fully saturated rings. The summed E-state index contributed by atoms with van der Waals surface area (Å²) in [6.07, 6.45) is 3.29. The van der Waals surface area contributed by atoms with Gasteiger partial charge in [0.25, 0.3) is 5.91 Å². The topological polar surface area (TPSA) is 86.6 Å². The molecule has 1 N–H and O–H groups in total. The van der Waals surface area contributed by atoms with E-state index >= 15 is 0 Å². The van der Waals surface area contributed by atoms with E-state index in [2.05, 4.69) is 5.32 Å². The van der Waals surface area contributed by atoms with Crippen molar-refractivity contribution in [1.29, 1.82) is 0 Å². The summed E-state index contributed by atoms with van der Waals surface area (Å²) in [6.45, 7) is 3.59. The van der Waals surface area contributed by atoms with Crippen LogP contribution in [0.3, 0.4) is 0 Å². The number of benzene rings is 1. The number of unbranched alkanes of at least 4 members (excludes halogenated alkanes) is 1. The van der Waals surface area contributed by atoms with Gasteiger partial charge in [-0.1, -0.05) is 25.5 Å². The number of nitrogens with zero attached hydrogens (tertiary/aromatic N) is 2. The molecular formula is C20H22N3O4S+. The van der Waals surface area contributed by atoms with Crippen LogP contribution >= 0.6 is 11.8 Å². The summed E-state index contributed by atoms with van der Waals surface area (Å²) in [6, 6.07) is 6.16. The maximum Gasteiger partial charge on any atom is 0.501 e. The molecule has 4 amide bonds. The molecule has 0 saturated heterocycles. The lowest BCUT2D eigenvalue weighted by atomic mass is 10.1. The Morgan fingerprint density at radius 3 is 2.79 bits per heavy atom. The number of hydrogen-bond donors (Lipinski definition) is 1. The van der Waals surface area contributed by atoms with Crippen LogP contribution in [0.2, 0.25) is 0 Å². The Kier molecular flexibility index (Phi) is 6.08. The van der Waals surface area contributed by atoms with Crippen LogP contribution in [0.25, 0.3) is 0 Å². The Morgan fingerprint density at radius 2 is 2.07 bits per heavy atom. The third-order valence-electron chi connectivity index (χ3n) is 4.58. The minimum Gasteiger partial charge on any atom is -0.323 e. The number of fused-ring (bicyclic) bond motifs is 1. The van der Waals surface area contributed by atoms with Crippen molar-refractivity contribution >= 4 is 46.8 Å². The van der Waals surface area contributed by atoms with Crippen LogP contribution in [0.1, 0.15) is 37.0 Å². The lowest BCUT2D eigenvalue weighted by molar-refractivity contribution is -0.425. The molecule has 146 valence electrons. The molecule has 0 spiro atoms. The van der Waals surface area contributed by atoms with Crippen molar-refractivity contribution in [2.45, 2.75) is 31.9 Å². The average Bonchev–Trinajstić information content (AvgIpc) is 3.15. The number of ketones is 1. The van der Waals surface area contributed by atoms with Crippen LogP contribution in [0.15, 0.2) is 35.7 Å². The van der Waals surface area contributed by atoms with Gasteiger partial charge in [-0.2, -0.15) is 14.3 Å². The lowest BCUT2D eigenvalue weighted by Crippen LogP contribution is -2.56. The number of rotatable bonds is 7. The Balaban J connectivity index is 1.80. The number of carbonyl (C=O) groups excluding carboxylic acids is 4. The van der Waals surface area contributed by atoms with Crippen LogP contribution in [-0.4, -0.2) is 57.2 Å². The number of nitrogens with one attached hydrogen (secondary N) is 1. The van der Waals surface area contributed by atoms with Crippen LogP contribution in [0.4, 0.5) is 10.5 Å². The van der Waals surface area contributed by atoms with Gasteiger partial charge in [0.2, 0.25) is 0 Å². The molecule has 2 heterocycles. The fourth-order valence-electron chi connectivity index (χ4n) is 3.09. The van der Waals surface area contributed by atoms with Crippen molar-refractivity contribution in [3.63, 3.8) is 0 Å². The molecule has 0 aliphatic carbocycles. The van der Waals surface area contributed by atoms with Crippen LogP contribution in [-0.2, 0) is 9.59 Å². The van der Waals surface area contributed by atoms with Gasteiger partial charge in [0.15, 0.2) is 17.6 Å². The summed E-state index contributed by atoms with van der Waals surface area (Å²) in [5.74, 6) is -0.719. The van der Waals surface area contributed by atoms with Crippen LogP contribution in [0, 0.1) is 0 Å². The maximum absolute atomic E-state index is 12.9. The molecule has 3 rings (SSSR count). The summed E-state index contributed by atoms with van der Waals surface area (Å²) in [5, 5.41) is 4.01. The highest BCUT2D eigenvalue weighted by molar-refractivity contribution is 8.04. The van der Waals surface area contributed by atoms with Crippen molar-refractivity contribution in [2.75, 3.05) is 18.4 Å². The van der Waals surface area contributed by atoms with Gasteiger partial charge < -0.3 is 5.32 Å². The summed E-state index contributed by atoms with van der Waals surface area (Å²) in [4.78, 5) is 50.8. The molecule has 0 aromatic heterocycles. The average molecular weight is 400 g/mol. The second-order valence-electron chi connectivity index (χ2n) is 6.64. The zero-order valence-corrected chi connectivity index (χ0v) is 16.6. The van der Waals surface area contributed by atoms with Crippen LogP contribution in [0.5, 0.6) is 0 Å². The van der Waals surface area contributed by atoms with Gasteiger partial charge in [-0.15, -0.1) is 11.8 Å². The van der Waals surface area contributed by atoms with Gasteiger partial charge in [-0.05, 0) is 37.0 Å². The minimum atomic E-state index is -0.483. The van der Waals surface area contributed by atoms with Gasteiger partial charge in [0.1, 0.15) is 5.71 Å². The zero-order chi connectivity index (χ0) is 20.3. The van der Waals surface area contributed by atoms with Crippen molar-refractivity contribution < 1.29 is 23.8 Å². The molecule has 8 heteroatoms. The number of hydrogen-bond acceptors (Lipinski definition) is 5. The second kappa shape index (κ2) is 8.52. The van der Waals surface area contributed by atoms with E-state index in [1.165, 1.54) is 28.2 Å². The Morgan fingerprint density at radius 1 is 1.29 bits per heavy atom. The summed E-state index contributed by atoms with van der Waals surface area (Å²) < 4.78 is 1.36. The predicted molar refractivity (Wildman–Crippen MR) is 108 cm³/mol. The number of carbonyl (C=O) groups is 4. The minimum absolute atomic E-state index is 0.0982. The third kappa shape index (κ3) is 4.06. The first-order chi connectivity index (χ1) is 13.4. The number of allylic oxidation sites excluding steroid dienone is 1. The summed E-state index contributed by atoms with van der Waals surface area (Å²) in [5.41, 5.74) is 1.52. The van der Waals surface area contributed by atoms with E-state index in [1.54, 1.807) is 35.7 Å². The van der Waals surface area contributed by atoms with Crippen molar-refractivity contribution in [3.05, 3.63) is 41.3 Å². The van der Waals surface area contributed by atoms with E-state index < -0.39 is 17.2 Å². The highest BCUT2D eigenvalue weighted by Gasteiger charge is 2.49. The van der Waals surface area contributed by atoms with Gasteiger partial charge in [-0.25, -0.2) is 4.79 Å². The number of amides is 4. The van der Waals surface area contributed by atoms with E-state index in [1.807, 2.05) is 6.92 Å². The number of imide groups is 1. The molecule has 0 radical (unpaired) electrons. The fourth-order valence-corrected chi connectivity index (χ4v) is 4.06. The highest BCUT2D eigenvalue weighted by Crippen LogP contribution is 2.28. The predicted octanol–water partition coefficient (Wildman–Crippen LogP) is 2.67. The third-order valence-corrected chi connectivity index (χ3v) is 5.58. The molecule has 1 atom stereocenters. The van der Waals surface area contributed by atoms with Crippen molar-refractivity contribution in [3.8, 4) is 0 Å². The van der Waals surface area contributed by atoms with Gasteiger partial charge in [0.05, 0.1) is 6.54 Å². The fraction of sp³-hybridized carbons (Fsp3) is 0.350. The molecule has 7 nitrogen and oxygen atoms in total.